The summed E-state index contributed by atoms with van der Waals surface area (Å²) in [5.41, 5.74) is 0. The van der Waals surface area contributed by atoms with Crippen molar-refractivity contribution < 1.29 is 4.74 Å². The summed E-state index contributed by atoms with van der Waals surface area (Å²) in [6, 6.07) is 4.27. The SMILES string of the molecule is CNCC1CCOC1c1cccs1. The molecule has 2 rings (SSSR count). The van der Waals surface area contributed by atoms with E-state index in [4.69, 9.17) is 4.74 Å². The lowest BCUT2D eigenvalue weighted by Crippen LogP contribution is -2.20. The van der Waals surface area contributed by atoms with Crippen LogP contribution < -0.4 is 5.32 Å². The Kier molecular flexibility index (Phi) is 2.98. The van der Waals surface area contributed by atoms with Crippen molar-refractivity contribution in [2.24, 2.45) is 5.92 Å². The molecule has 0 radical (unpaired) electrons. The van der Waals surface area contributed by atoms with E-state index >= 15 is 0 Å². The van der Waals surface area contributed by atoms with Gasteiger partial charge in [-0.15, -0.1) is 11.3 Å². The normalized spacial score (nSPS) is 28.1. The van der Waals surface area contributed by atoms with Gasteiger partial charge in [0.05, 0.1) is 6.10 Å². The first-order chi connectivity index (χ1) is 6.42. The van der Waals surface area contributed by atoms with Gasteiger partial charge in [-0.05, 0) is 24.9 Å². The number of thiophene rings is 1. The molecule has 3 heteroatoms. The van der Waals surface area contributed by atoms with Gasteiger partial charge < -0.3 is 10.1 Å². The predicted octanol–water partition coefficient (Wildman–Crippen LogP) is 2.05. The number of hydrogen-bond acceptors (Lipinski definition) is 3. The molecule has 0 bridgehead atoms. The zero-order chi connectivity index (χ0) is 9.10. The van der Waals surface area contributed by atoms with Crippen LogP contribution in [-0.2, 0) is 4.74 Å². The van der Waals surface area contributed by atoms with Crippen molar-refractivity contribution in [3.05, 3.63) is 22.4 Å². The molecule has 0 aliphatic carbocycles. The van der Waals surface area contributed by atoms with E-state index in [1.807, 2.05) is 7.05 Å². The highest BCUT2D eigenvalue weighted by Crippen LogP contribution is 2.36. The van der Waals surface area contributed by atoms with E-state index in [-0.39, 0.29) is 0 Å². The maximum atomic E-state index is 5.73. The molecular weight excluding hydrogens is 182 g/mol. The van der Waals surface area contributed by atoms with E-state index in [0.29, 0.717) is 12.0 Å². The molecule has 72 valence electrons. The van der Waals surface area contributed by atoms with Gasteiger partial charge in [0.15, 0.2) is 0 Å². The van der Waals surface area contributed by atoms with E-state index < -0.39 is 0 Å². The lowest BCUT2D eigenvalue weighted by Gasteiger charge is -2.16. The maximum Gasteiger partial charge on any atom is 0.0957 e. The summed E-state index contributed by atoms with van der Waals surface area (Å²) >= 11 is 1.80. The quantitative estimate of drug-likeness (QED) is 0.800. The molecule has 1 N–H and O–H groups in total. The zero-order valence-corrected chi connectivity index (χ0v) is 8.64. The first-order valence-corrected chi connectivity index (χ1v) is 5.59. The third kappa shape index (κ3) is 1.93. The molecule has 0 aromatic carbocycles. The molecule has 2 heterocycles. The largest absolute Gasteiger partial charge is 0.372 e. The van der Waals surface area contributed by atoms with Gasteiger partial charge in [-0.25, -0.2) is 0 Å². The van der Waals surface area contributed by atoms with Gasteiger partial charge in [0.1, 0.15) is 0 Å². The van der Waals surface area contributed by atoms with Crippen LogP contribution in [0.3, 0.4) is 0 Å². The molecule has 0 spiro atoms. The topological polar surface area (TPSA) is 21.3 Å². The molecule has 1 aromatic heterocycles. The molecule has 1 aromatic rings. The highest BCUT2D eigenvalue weighted by atomic mass is 32.1. The summed E-state index contributed by atoms with van der Waals surface area (Å²) in [5.74, 6) is 0.656. The summed E-state index contributed by atoms with van der Waals surface area (Å²) in [6.07, 6.45) is 1.52. The molecule has 0 saturated carbocycles. The fourth-order valence-electron chi connectivity index (χ4n) is 1.87. The summed E-state index contributed by atoms with van der Waals surface area (Å²) in [7, 11) is 2.00. The fourth-order valence-corrected chi connectivity index (χ4v) is 2.74. The Hall–Kier alpha value is -0.380. The van der Waals surface area contributed by atoms with Crippen LogP contribution in [-0.4, -0.2) is 20.2 Å². The van der Waals surface area contributed by atoms with Crippen LogP contribution in [0.2, 0.25) is 0 Å². The second-order valence-electron chi connectivity index (χ2n) is 3.41. The Bertz CT molecular complexity index is 247. The van der Waals surface area contributed by atoms with E-state index in [2.05, 4.69) is 22.8 Å². The van der Waals surface area contributed by atoms with Gasteiger partial charge in [0.2, 0.25) is 0 Å². The zero-order valence-electron chi connectivity index (χ0n) is 7.82. The molecule has 2 atom stereocenters. The van der Waals surface area contributed by atoms with E-state index in [0.717, 1.165) is 13.2 Å². The molecular formula is C10H15NOS. The fraction of sp³-hybridized carbons (Fsp3) is 0.600. The molecule has 1 saturated heterocycles. The van der Waals surface area contributed by atoms with E-state index in [1.165, 1.54) is 11.3 Å². The molecule has 0 amide bonds. The van der Waals surface area contributed by atoms with Crippen LogP contribution in [0.25, 0.3) is 0 Å². The number of ether oxygens (including phenoxy) is 1. The minimum atomic E-state index is 0.340. The average molecular weight is 197 g/mol. The lowest BCUT2D eigenvalue weighted by molar-refractivity contribution is 0.0938. The number of nitrogens with one attached hydrogen (secondary N) is 1. The Morgan fingerprint density at radius 2 is 2.62 bits per heavy atom. The molecule has 2 nitrogen and oxygen atoms in total. The van der Waals surface area contributed by atoms with Crippen molar-refractivity contribution in [3.63, 3.8) is 0 Å². The standard InChI is InChI=1S/C10H15NOS/c1-11-7-8-4-5-12-10(8)9-3-2-6-13-9/h2-3,6,8,10-11H,4-5,7H2,1H3. The van der Waals surface area contributed by atoms with Gasteiger partial charge in [-0.1, -0.05) is 6.07 Å². The Morgan fingerprint density at radius 3 is 3.31 bits per heavy atom. The van der Waals surface area contributed by atoms with Gasteiger partial charge in [-0.2, -0.15) is 0 Å². The third-order valence-electron chi connectivity index (χ3n) is 2.50. The van der Waals surface area contributed by atoms with Crippen LogP contribution in [0.4, 0.5) is 0 Å². The van der Waals surface area contributed by atoms with Crippen molar-refractivity contribution >= 4 is 11.3 Å². The number of rotatable bonds is 3. The van der Waals surface area contributed by atoms with Crippen LogP contribution in [0.5, 0.6) is 0 Å². The van der Waals surface area contributed by atoms with Gasteiger partial charge >= 0.3 is 0 Å². The monoisotopic (exact) mass is 197 g/mol. The van der Waals surface area contributed by atoms with Crippen molar-refractivity contribution in [1.82, 2.24) is 5.32 Å². The number of hydrogen-bond donors (Lipinski definition) is 1. The van der Waals surface area contributed by atoms with Gasteiger partial charge in [0, 0.05) is 23.9 Å². The van der Waals surface area contributed by atoms with Crippen molar-refractivity contribution in [2.75, 3.05) is 20.2 Å². The second-order valence-corrected chi connectivity index (χ2v) is 4.39. The summed E-state index contributed by atoms with van der Waals surface area (Å²) in [6.45, 7) is 1.97. The molecule has 13 heavy (non-hydrogen) atoms. The van der Waals surface area contributed by atoms with Crippen LogP contribution >= 0.6 is 11.3 Å². The predicted molar refractivity (Wildman–Crippen MR) is 55.0 cm³/mol. The molecule has 2 unspecified atom stereocenters. The highest BCUT2D eigenvalue weighted by Gasteiger charge is 2.29. The second kappa shape index (κ2) is 4.22. The average Bonchev–Trinajstić information content (AvgIpc) is 2.71. The Morgan fingerprint density at radius 1 is 1.69 bits per heavy atom. The van der Waals surface area contributed by atoms with Crippen molar-refractivity contribution in [1.29, 1.82) is 0 Å². The van der Waals surface area contributed by atoms with Crippen molar-refractivity contribution in [2.45, 2.75) is 12.5 Å². The summed E-state index contributed by atoms with van der Waals surface area (Å²) in [4.78, 5) is 1.37. The summed E-state index contributed by atoms with van der Waals surface area (Å²) in [5, 5.41) is 5.34. The van der Waals surface area contributed by atoms with E-state index in [9.17, 15) is 0 Å². The maximum absolute atomic E-state index is 5.73. The Labute approximate surface area is 82.9 Å². The van der Waals surface area contributed by atoms with Crippen LogP contribution in [0.15, 0.2) is 17.5 Å². The molecule has 1 aliphatic rings. The highest BCUT2D eigenvalue weighted by molar-refractivity contribution is 7.10. The Balaban J connectivity index is 2.05. The molecule has 1 fully saturated rings. The minimum Gasteiger partial charge on any atom is -0.372 e. The van der Waals surface area contributed by atoms with Crippen LogP contribution in [0.1, 0.15) is 17.4 Å². The first-order valence-electron chi connectivity index (χ1n) is 4.71. The van der Waals surface area contributed by atoms with E-state index in [1.54, 1.807) is 11.3 Å². The minimum absolute atomic E-state index is 0.340. The molecule has 1 aliphatic heterocycles. The van der Waals surface area contributed by atoms with Crippen LogP contribution in [0, 0.1) is 5.92 Å². The van der Waals surface area contributed by atoms with Gasteiger partial charge in [0.25, 0.3) is 0 Å². The smallest absolute Gasteiger partial charge is 0.0957 e. The van der Waals surface area contributed by atoms with Crippen molar-refractivity contribution in [3.8, 4) is 0 Å². The lowest BCUT2D eigenvalue weighted by atomic mass is 10.0. The first kappa shape index (κ1) is 9.19. The third-order valence-corrected chi connectivity index (χ3v) is 3.44. The summed E-state index contributed by atoms with van der Waals surface area (Å²) < 4.78 is 5.73. The van der Waals surface area contributed by atoms with Gasteiger partial charge in [-0.3, -0.25) is 0 Å².